The predicted octanol–water partition coefficient (Wildman–Crippen LogP) is 3.02. The molecule has 6 heteroatoms. The largest absolute Gasteiger partial charge is 0.480 e. The first-order valence-electron chi connectivity index (χ1n) is 4.05. The molecule has 0 spiro atoms. The lowest BCUT2D eigenvalue weighted by Gasteiger charge is -2.13. The number of hydrogen-bond donors (Lipinski definition) is 2. The fourth-order valence-corrected chi connectivity index (χ4v) is 1.53. The van der Waals surface area contributed by atoms with Crippen LogP contribution < -0.4 is 5.32 Å². The van der Waals surface area contributed by atoms with Crippen molar-refractivity contribution in [2.24, 2.45) is 0 Å². The third kappa shape index (κ3) is 2.97. The van der Waals surface area contributed by atoms with E-state index >= 15 is 0 Å². The Morgan fingerprint density at radius 2 is 1.93 bits per heavy atom. The Labute approximate surface area is 95.8 Å². The normalized spacial score (nSPS) is 12.3. The molecule has 1 aromatic rings. The quantitative estimate of drug-likeness (QED) is 0.869. The Morgan fingerprint density at radius 3 is 2.33 bits per heavy atom. The average Bonchev–Trinajstić information content (AvgIpc) is 2.10. The van der Waals surface area contributed by atoms with Gasteiger partial charge in [-0.15, -0.1) is 0 Å². The van der Waals surface area contributed by atoms with E-state index in [9.17, 15) is 9.18 Å². The van der Waals surface area contributed by atoms with E-state index in [-0.39, 0.29) is 15.7 Å². The summed E-state index contributed by atoms with van der Waals surface area (Å²) in [5.74, 6) is -1.62. The van der Waals surface area contributed by atoms with Crippen molar-refractivity contribution < 1.29 is 14.3 Å². The molecule has 0 saturated heterocycles. The Bertz CT molecular complexity index is 375. The first-order valence-corrected chi connectivity index (χ1v) is 4.81. The van der Waals surface area contributed by atoms with Gasteiger partial charge in [-0.2, -0.15) is 0 Å². The molecule has 82 valence electrons. The van der Waals surface area contributed by atoms with Crippen molar-refractivity contribution in [3.05, 3.63) is 28.0 Å². The third-order valence-corrected chi connectivity index (χ3v) is 2.33. The maximum atomic E-state index is 12.8. The van der Waals surface area contributed by atoms with Crippen LogP contribution in [0.1, 0.15) is 6.92 Å². The fourth-order valence-electron chi connectivity index (χ4n) is 0.958. The molecular weight excluding hydrogens is 244 g/mol. The van der Waals surface area contributed by atoms with Gasteiger partial charge < -0.3 is 10.4 Å². The molecular formula is C9H8Cl2FNO2. The molecule has 0 aliphatic heterocycles. The van der Waals surface area contributed by atoms with Crippen molar-refractivity contribution in [1.29, 1.82) is 0 Å². The van der Waals surface area contributed by atoms with Crippen molar-refractivity contribution in [3.63, 3.8) is 0 Å². The molecule has 0 aliphatic rings. The Morgan fingerprint density at radius 1 is 1.47 bits per heavy atom. The second kappa shape index (κ2) is 4.68. The minimum absolute atomic E-state index is 0.0492. The monoisotopic (exact) mass is 251 g/mol. The number of halogens is 3. The number of benzene rings is 1. The van der Waals surface area contributed by atoms with Gasteiger partial charge in [0.05, 0.1) is 15.7 Å². The van der Waals surface area contributed by atoms with Crippen LogP contribution in [0.2, 0.25) is 10.0 Å². The molecule has 1 aromatic carbocycles. The molecule has 1 unspecified atom stereocenters. The number of rotatable bonds is 3. The summed E-state index contributed by atoms with van der Waals surface area (Å²) in [5, 5.41) is 11.3. The predicted molar refractivity (Wildman–Crippen MR) is 57.1 cm³/mol. The van der Waals surface area contributed by atoms with Crippen molar-refractivity contribution in [3.8, 4) is 0 Å². The number of anilines is 1. The van der Waals surface area contributed by atoms with Crippen LogP contribution in [0.4, 0.5) is 10.1 Å². The zero-order valence-electron chi connectivity index (χ0n) is 7.72. The average molecular weight is 252 g/mol. The second-order valence-electron chi connectivity index (χ2n) is 2.95. The lowest BCUT2D eigenvalue weighted by Crippen LogP contribution is -2.25. The zero-order chi connectivity index (χ0) is 11.6. The van der Waals surface area contributed by atoms with Gasteiger partial charge >= 0.3 is 5.97 Å². The molecule has 1 rings (SSSR count). The van der Waals surface area contributed by atoms with E-state index in [0.717, 1.165) is 12.1 Å². The van der Waals surface area contributed by atoms with Crippen LogP contribution in [0.15, 0.2) is 12.1 Å². The van der Waals surface area contributed by atoms with Crippen molar-refractivity contribution >= 4 is 34.9 Å². The number of hydrogen-bond acceptors (Lipinski definition) is 2. The molecule has 2 N–H and O–H groups in total. The summed E-state index contributed by atoms with van der Waals surface area (Å²) in [6.07, 6.45) is 0. The van der Waals surface area contributed by atoms with Crippen LogP contribution in [-0.4, -0.2) is 17.1 Å². The van der Waals surface area contributed by atoms with E-state index in [4.69, 9.17) is 28.3 Å². The molecule has 15 heavy (non-hydrogen) atoms. The van der Waals surface area contributed by atoms with Crippen LogP contribution in [0.5, 0.6) is 0 Å². The van der Waals surface area contributed by atoms with E-state index in [2.05, 4.69) is 5.32 Å². The first-order chi connectivity index (χ1) is 6.91. The topological polar surface area (TPSA) is 49.3 Å². The summed E-state index contributed by atoms with van der Waals surface area (Å²) >= 11 is 11.4. The fraction of sp³-hybridized carbons (Fsp3) is 0.222. The van der Waals surface area contributed by atoms with E-state index in [1.165, 1.54) is 6.92 Å². The van der Waals surface area contributed by atoms with E-state index in [0.29, 0.717) is 0 Å². The van der Waals surface area contributed by atoms with Gasteiger partial charge in [-0.1, -0.05) is 23.2 Å². The van der Waals surface area contributed by atoms with Crippen LogP contribution >= 0.6 is 23.2 Å². The molecule has 0 fully saturated rings. The summed E-state index contributed by atoms with van der Waals surface area (Å²) in [5.41, 5.74) is 0.217. The van der Waals surface area contributed by atoms with Crippen LogP contribution in [-0.2, 0) is 4.79 Å². The Balaban J connectivity index is 3.00. The maximum absolute atomic E-state index is 12.8. The number of carbonyl (C=O) groups is 1. The molecule has 0 heterocycles. The van der Waals surface area contributed by atoms with Crippen LogP contribution in [0.3, 0.4) is 0 Å². The lowest BCUT2D eigenvalue weighted by molar-refractivity contribution is -0.137. The number of carboxylic acids is 1. The molecule has 1 atom stereocenters. The molecule has 0 bridgehead atoms. The van der Waals surface area contributed by atoms with Crippen LogP contribution in [0.25, 0.3) is 0 Å². The van der Waals surface area contributed by atoms with Crippen molar-refractivity contribution in [1.82, 2.24) is 0 Å². The van der Waals surface area contributed by atoms with Gasteiger partial charge in [0.1, 0.15) is 11.9 Å². The summed E-state index contributed by atoms with van der Waals surface area (Å²) in [7, 11) is 0. The highest BCUT2D eigenvalue weighted by Gasteiger charge is 2.15. The molecule has 3 nitrogen and oxygen atoms in total. The second-order valence-corrected chi connectivity index (χ2v) is 3.76. The van der Waals surface area contributed by atoms with Gasteiger partial charge in [-0.05, 0) is 19.1 Å². The summed E-state index contributed by atoms with van der Waals surface area (Å²) in [4.78, 5) is 10.6. The SMILES string of the molecule is CC(Nc1c(Cl)cc(F)cc1Cl)C(=O)O. The van der Waals surface area contributed by atoms with E-state index < -0.39 is 17.8 Å². The summed E-state index contributed by atoms with van der Waals surface area (Å²) in [6, 6.07) is 1.26. The van der Waals surface area contributed by atoms with E-state index in [1.54, 1.807) is 0 Å². The minimum atomic E-state index is -1.05. The van der Waals surface area contributed by atoms with Gasteiger partial charge in [0.15, 0.2) is 0 Å². The smallest absolute Gasteiger partial charge is 0.325 e. The highest BCUT2D eigenvalue weighted by atomic mass is 35.5. The third-order valence-electron chi connectivity index (χ3n) is 1.74. The number of aliphatic carboxylic acids is 1. The molecule has 0 aromatic heterocycles. The van der Waals surface area contributed by atoms with Crippen molar-refractivity contribution in [2.75, 3.05) is 5.32 Å². The standard InChI is InChI=1S/C9H8Cl2FNO2/c1-4(9(14)15)13-8-6(10)2-5(12)3-7(8)11/h2-4,13H,1H3,(H,14,15). The minimum Gasteiger partial charge on any atom is -0.480 e. The Hall–Kier alpha value is -1.00. The van der Waals surface area contributed by atoms with Gasteiger partial charge in [-0.25, -0.2) is 4.39 Å². The Kier molecular flexibility index (Phi) is 3.77. The first kappa shape index (κ1) is 12.1. The van der Waals surface area contributed by atoms with Gasteiger partial charge in [0.25, 0.3) is 0 Å². The van der Waals surface area contributed by atoms with Gasteiger partial charge in [0, 0.05) is 0 Å². The molecule has 0 radical (unpaired) electrons. The molecule has 0 saturated carbocycles. The lowest BCUT2D eigenvalue weighted by atomic mass is 10.2. The van der Waals surface area contributed by atoms with Gasteiger partial charge in [-0.3, -0.25) is 4.79 Å². The van der Waals surface area contributed by atoms with E-state index in [1.807, 2.05) is 0 Å². The number of carboxylic acid groups (broad SMARTS) is 1. The highest BCUT2D eigenvalue weighted by molar-refractivity contribution is 6.39. The van der Waals surface area contributed by atoms with Crippen molar-refractivity contribution in [2.45, 2.75) is 13.0 Å². The number of nitrogens with one attached hydrogen (secondary N) is 1. The highest BCUT2D eigenvalue weighted by Crippen LogP contribution is 2.31. The summed E-state index contributed by atoms with van der Waals surface area (Å²) < 4.78 is 12.8. The van der Waals surface area contributed by atoms with Crippen LogP contribution in [0, 0.1) is 5.82 Å². The zero-order valence-corrected chi connectivity index (χ0v) is 9.23. The molecule has 0 amide bonds. The molecule has 0 aliphatic carbocycles. The summed E-state index contributed by atoms with van der Waals surface area (Å²) in [6.45, 7) is 1.43. The maximum Gasteiger partial charge on any atom is 0.325 e. The van der Waals surface area contributed by atoms with Gasteiger partial charge in [0.2, 0.25) is 0 Å².